The zero-order valence-corrected chi connectivity index (χ0v) is 14.2. The number of hydrogen-bond donors (Lipinski definition) is 0. The summed E-state index contributed by atoms with van der Waals surface area (Å²) >= 11 is 1.42. The molecule has 0 N–H and O–H groups in total. The van der Waals surface area contributed by atoms with E-state index in [0.717, 1.165) is 15.5 Å². The van der Waals surface area contributed by atoms with Gasteiger partial charge < -0.3 is 14.0 Å². The van der Waals surface area contributed by atoms with Crippen LogP contribution in [0.3, 0.4) is 0 Å². The highest BCUT2D eigenvalue weighted by molar-refractivity contribution is 7.20. The van der Waals surface area contributed by atoms with Crippen molar-refractivity contribution in [3.05, 3.63) is 29.1 Å². The van der Waals surface area contributed by atoms with E-state index in [2.05, 4.69) is 0 Å². The van der Waals surface area contributed by atoms with Crippen LogP contribution in [-0.4, -0.2) is 31.4 Å². The quantitative estimate of drug-likeness (QED) is 0.631. The maximum absolute atomic E-state index is 11.6. The lowest BCUT2D eigenvalue weighted by Crippen LogP contribution is -2.41. The van der Waals surface area contributed by atoms with Crippen LogP contribution in [0.2, 0.25) is 0 Å². The summed E-state index contributed by atoms with van der Waals surface area (Å²) in [5.74, 6) is -0.307. The third-order valence-electron chi connectivity index (χ3n) is 4.45. The van der Waals surface area contributed by atoms with E-state index in [4.69, 9.17) is 14.0 Å². The Morgan fingerprint density at radius 2 is 1.77 bits per heavy atom. The van der Waals surface area contributed by atoms with Crippen molar-refractivity contribution in [1.29, 1.82) is 0 Å². The van der Waals surface area contributed by atoms with Gasteiger partial charge in [0.1, 0.15) is 4.88 Å². The van der Waals surface area contributed by atoms with Crippen molar-refractivity contribution in [2.45, 2.75) is 38.9 Å². The first kappa shape index (κ1) is 15.5. The lowest BCUT2D eigenvalue weighted by atomic mass is 9.79. The Balaban J connectivity index is 1.95. The molecule has 116 valence electrons. The average Bonchev–Trinajstić information content (AvgIpc) is 2.96. The molecule has 0 aliphatic carbocycles. The van der Waals surface area contributed by atoms with Crippen molar-refractivity contribution >= 4 is 40.0 Å². The molecule has 0 radical (unpaired) electrons. The second kappa shape index (κ2) is 5.08. The van der Waals surface area contributed by atoms with E-state index >= 15 is 0 Å². The van der Waals surface area contributed by atoms with Gasteiger partial charge in [-0.3, -0.25) is 0 Å². The van der Waals surface area contributed by atoms with E-state index in [1.54, 1.807) is 0 Å². The molecule has 1 saturated heterocycles. The molecule has 2 aromatic rings. The third-order valence-corrected chi connectivity index (χ3v) is 5.55. The number of rotatable bonds is 2. The lowest BCUT2D eigenvalue weighted by Gasteiger charge is -2.32. The maximum atomic E-state index is 11.6. The minimum absolute atomic E-state index is 0.307. The van der Waals surface area contributed by atoms with Gasteiger partial charge >= 0.3 is 13.1 Å². The second-order valence-electron chi connectivity index (χ2n) is 6.49. The Morgan fingerprint density at radius 1 is 1.14 bits per heavy atom. The summed E-state index contributed by atoms with van der Waals surface area (Å²) < 4.78 is 17.9. The normalized spacial score (nSPS) is 19.6. The van der Waals surface area contributed by atoms with E-state index in [9.17, 15) is 4.79 Å². The molecule has 1 fully saturated rings. The Kier molecular flexibility index (Phi) is 3.59. The molecule has 2 heterocycles. The molecule has 0 spiro atoms. The summed E-state index contributed by atoms with van der Waals surface area (Å²) in [6, 6.07) is 7.84. The van der Waals surface area contributed by atoms with Gasteiger partial charge in [-0.2, -0.15) is 0 Å². The van der Waals surface area contributed by atoms with Crippen molar-refractivity contribution in [3.63, 3.8) is 0 Å². The van der Waals surface area contributed by atoms with Crippen LogP contribution in [0.4, 0.5) is 0 Å². The van der Waals surface area contributed by atoms with E-state index in [1.165, 1.54) is 18.4 Å². The van der Waals surface area contributed by atoms with Gasteiger partial charge in [0, 0.05) is 4.70 Å². The Morgan fingerprint density at radius 3 is 2.36 bits per heavy atom. The highest BCUT2D eigenvalue weighted by atomic mass is 32.1. The number of carbonyl (C=O) groups is 1. The molecule has 0 bridgehead atoms. The smallest absolute Gasteiger partial charge is 0.465 e. The van der Waals surface area contributed by atoms with Crippen molar-refractivity contribution in [2.75, 3.05) is 7.11 Å². The number of benzene rings is 1. The van der Waals surface area contributed by atoms with Crippen LogP contribution in [0.15, 0.2) is 24.3 Å². The first-order valence-electron chi connectivity index (χ1n) is 7.21. The summed E-state index contributed by atoms with van der Waals surface area (Å²) in [5.41, 5.74) is 0.233. The minimum Gasteiger partial charge on any atom is -0.465 e. The van der Waals surface area contributed by atoms with E-state index in [1.807, 2.05) is 52.0 Å². The Bertz CT molecular complexity index is 719. The fourth-order valence-electron chi connectivity index (χ4n) is 2.39. The van der Waals surface area contributed by atoms with Crippen LogP contribution in [0.25, 0.3) is 10.1 Å². The predicted molar refractivity (Wildman–Crippen MR) is 88.9 cm³/mol. The number of ether oxygens (including phenoxy) is 1. The first-order chi connectivity index (χ1) is 10.2. The summed E-state index contributed by atoms with van der Waals surface area (Å²) in [5, 5.41) is 0.998. The SMILES string of the molecule is COC(=O)c1cc2cc(B3OC(C)(C)C(C)(C)O3)ccc2s1. The van der Waals surface area contributed by atoms with Gasteiger partial charge in [-0.25, -0.2) is 4.79 Å². The van der Waals surface area contributed by atoms with Crippen molar-refractivity contribution in [3.8, 4) is 0 Å². The molecule has 1 aromatic carbocycles. The summed E-state index contributed by atoms with van der Waals surface area (Å²) in [7, 11) is 0.999. The zero-order valence-electron chi connectivity index (χ0n) is 13.4. The number of fused-ring (bicyclic) bond motifs is 1. The van der Waals surface area contributed by atoms with Crippen LogP contribution < -0.4 is 5.46 Å². The lowest BCUT2D eigenvalue weighted by molar-refractivity contribution is 0.00578. The average molecular weight is 318 g/mol. The van der Waals surface area contributed by atoms with Crippen molar-refractivity contribution in [2.24, 2.45) is 0 Å². The van der Waals surface area contributed by atoms with E-state index < -0.39 is 7.12 Å². The third kappa shape index (κ3) is 2.45. The molecule has 1 aliphatic rings. The molecule has 1 aliphatic heterocycles. The Labute approximate surface area is 134 Å². The summed E-state index contributed by atoms with van der Waals surface area (Å²) in [6.07, 6.45) is 0. The highest BCUT2D eigenvalue weighted by Crippen LogP contribution is 2.36. The van der Waals surface area contributed by atoms with Crippen LogP contribution in [-0.2, 0) is 14.0 Å². The molecular formula is C16H19BO4S. The standard InChI is InChI=1S/C16H19BO4S/c1-15(2)16(3,4)21-17(20-15)11-6-7-12-10(8-11)9-13(22-12)14(18)19-5/h6-9H,1-5H3. The molecule has 0 amide bonds. The molecule has 6 heteroatoms. The van der Waals surface area contributed by atoms with Gasteiger partial charge in [0.2, 0.25) is 0 Å². The molecule has 0 atom stereocenters. The van der Waals surface area contributed by atoms with Gasteiger partial charge in [-0.05, 0) is 50.7 Å². The topological polar surface area (TPSA) is 44.8 Å². The summed E-state index contributed by atoms with van der Waals surface area (Å²) in [4.78, 5) is 12.2. The van der Waals surface area contributed by atoms with Gasteiger partial charge in [-0.15, -0.1) is 11.3 Å². The molecule has 3 rings (SSSR count). The van der Waals surface area contributed by atoms with Crippen LogP contribution >= 0.6 is 11.3 Å². The van der Waals surface area contributed by atoms with Crippen molar-refractivity contribution < 1.29 is 18.8 Å². The minimum atomic E-state index is -0.393. The zero-order chi connectivity index (χ0) is 16.1. The van der Waals surface area contributed by atoms with Crippen LogP contribution in [0.1, 0.15) is 37.4 Å². The molecule has 0 unspecified atom stereocenters. The monoisotopic (exact) mass is 318 g/mol. The molecule has 22 heavy (non-hydrogen) atoms. The number of methoxy groups -OCH3 is 1. The number of hydrogen-bond acceptors (Lipinski definition) is 5. The summed E-state index contributed by atoms with van der Waals surface area (Å²) in [6.45, 7) is 8.13. The van der Waals surface area contributed by atoms with Gasteiger partial charge in [-0.1, -0.05) is 12.1 Å². The highest BCUT2D eigenvalue weighted by Gasteiger charge is 2.51. The molecule has 4 nitrogen and oxygen atoms in total. The Hall–Kier alpha value is -1.37. The maximum Gasteiger partial charge on any atom is 0.494 e. The fraction of sp³-hybridized carbons (Fsp3) is 0.438. The predicted octanol–water partition coefficient (Wildman–Crippen LogP) is 2.99. The number of thiophene rings is 1. The van der Waals surface area contributed by atoms with Crippen LogP contribution in [0, 0.1) is 0 Å². The van der Waals surface area contributed by atoms with Gasteiger partial charge in [0.05, 0.1) is 18.3 Å². The number of carbonyl (C=O) groups excluding carboxylic acids is 1. The molecular weight excluding hydrogens is 299 g/mol. The van der Waals surface area contributed by atoms with Gasteiger partial charge in [0.25, 0.3) is 0 Å². The largest absolute Gasteiger partial charge is 0.494 e. The second-order valence-corrected chi connectivity index (χ2v) is 7.57. The number of esters is 1. The molecule has 0 saturated carbocycles. The van der Waals surface area contributed by atoms with Gasteiger partial charge in [0.15, 0.2) is 0 Å². The molecule has 1 aromatic heterocycles. The van der Waals surface area contributed by atoms with Crippen LogP contribution in [0.5, 0.6) is 0 Å². The van der Waals surface area contributed by atoms with E-state index in [-0.39, 0.29) is 17.2 Å². The first-order valence-corrected chi connectivity index (χ1v) is 8.02. The van der Waals surface area contributed by atoms with Crippen molar-refractivity contribution in [1.82, 2.24) is 0 Å². The van der Waals surface area contributed by atoms with E-state index in [0.29, 0.717) is 4.88 Å². The fourth-order valence-corrected chi connectivity index (χ4v) is 3.35.